The molecule has 0 aliphatic heterocycles. The molecular weight excluding hydrogens is 273 g/mol. The predicted molar refractivity (Wildman–Crippen MR) is 66.0 cm³/mol. The Hall–Kier alpha value is -1.79. The van der Waals surface area contributed by atoms with E-state index in [4.69, 9.17) is 0 Å². The minimum absolute atomic E-state index is 0.0102. The van der Waals surface area contributed by atoms with E-state index in [1.807, 2.05) is 6.92 Å². The van der Waals surface area contributed by atoms with Crippen LogP contribution in [0.25, 0.3) is 0 Å². The fourth-order valence-corrected chi connectivity index (χ4v) is 1.99. The highest BCUT2D eigenvalue weighted by Gasteiger charge is 2.31. The number of nitrogens with zero attached hydrogens (tertiary/aromatic N) is 1. The van der Waals surface area contributed by atoms with Gasteiger partial charge in [-0.15, -0.1) is 0 Å². The summed E-state index contributed by atoms with van der Waals surface area (Å²) in [6.45, 7) is 1.45. The molecule has 0 aromatic carbocycles. The Morgan fingerprint density at radius 2 is 2.10 bits per heavy atom. The van der Waals surface area contributed by atoms with Crippen LogP contribution >= 0.6 is 0 Å². The molecule has 1 aliphatic carbocycles. The molecule has 1 N–H and O–H groups in total. The Morgan fingerprint density at radius 1 is 1.45 bits per heavy atom. The summed E-state index contributed by atoms with van der Waals surface area (Å²) in [7, 11) is 0. The third kappa shape index (κ3) is 3.61. The molecule has 1 fully saturated rings. The van der Waals surface area contributed by atoms with E-state index >= 15 is 0 Å². The van der Waals surface area contributed by atoms with E-state index < -0.39 is 29.8 Å². The lowest BCUT2D eigenvalue weighted by Gasteiger charge is -2.14. The van der Waals surface area contributed by atoms with E-state index in [1.165, 1.54) is 0 Å². The summed E-state index contributed by atoms with van der Waals surface area (Å²) in [6, 6.07) is 1.52. The van der Waals surface area contributed by atoms with Crippen LogP contribution in [-0.2, 0) is 17.5 Å². The number of carbonyl (C=O) groups is 1. The molecule has 20 heavy (non-hydrogen) atoms. The predicted octanol–water partition coefficient (Wildman–Crippen LogP) is 1.78. The third-order valence-electron chi connectivity index (χ3n) is 3.34. The highest BCUT2D eigenvalue weighted by Crippen LogP contribution is 2.32. The van der Waals surface area contributed by atoms with Gasteiger partial charge in [0.2, 0.25) is 5.91 Å². The summed E-state index contributed by atoms with van der Waals surface area (Å²) in [5.41, 5.74) is -1.58. The fourth-order valence-electron chi connectivity index (χ4n) is 1.99. The lowest BCUT2D eigenvalue weighted by molar-refractivity contribution is -0.138. The van der Waals surface area contributed by atoms with Crippen LogP contribution in [0.1, 0.15) is 25.3 Å². The number of alkyl halides is 3. The molecule has 1 unspecified atom stereocenters. The van der Waals surface area contributed by atoms with Crippen molar-refractivity contribution in [3.63, 3.8) is 0 Å². The van der Waals surface area contributed by atoms with Crippen LogP contribution in [0.2, 0.25) is 0 Å². The first-order valence-electron chi connectivity index (χ1n) is 6.34. The number of rotatable bonds is 4. The average molecular weight is 288 g/mol. The van der Waals surface area contributed by atoms with Crippen molar-refractivity contribution in [1.82, 2.24) is 9.88 Å². The maximum Gasteiger partial charge on any atom is 0.417 e. The topological polar surface area (TPSA) is 51.1 Å². The number of nitrogens with one attached hydrogen (secondary N) is 1. The molecule has 1 aromatic heterocycles. The number of aromatic nitrogens is 1. The van der Waals surface area contributed by atoms with E-state index in [2.05, 4.69) is 5.32 Å². The lowest BCUT2D eigenvalue weighted by Crippen LogP contribution is -2.38. The first kappa shape index (κ1) is 14.6. The summed E-state index contributed by atoms with van der Waals surface area (Å²) in [6.07, 6.45) is -1.77. The number of halogens is 3. The second kappa shape index (κ2) is 5.30. The van der Waals surface area contributed by atoms with Crippen molar-refractivity contribution in [2.24, 2.45) is 5.92 Å². The van der Waals surface area contributed by atoms with Crippen LogP contribution in [0.3, 0.4) is 0 Å². The van der Waals surface area contributed by atoms with Gasteiger partial charge in [-0.1, -0.05) is 0 Å². The van der Waals surface area contributed by atoms with Gasteiger partial charge in [0.1, 0.15) is 6.54 Å². The summed E-state index contributed by atoms with van der Waals surface area (Å²) >= 11 is 0. The van der Waals surface area contributed by atoms with Gasteiger partial charge >= 0.3 is 6.18 Å². The normalized spacial score (nSPS) is 16.8. The van der Waals surface area contributed by atoms with Crippen LogP contribution in [0.15, 0.2) is 23.1 Å². The molecule has 1 amide bonds. The van der Waals surface area contributed by atoms with Gasteiger partial charge < -0.3 is 9.88 Å². The Kier molecular flexibility index (Phi) is 3.87. The van der Waals surface area contributed by atoms with E-state index in [1.54, 1.807) is 0 Å². The zero-order chi connectivity index (χ0) is 14.9. The first-order valence-corrected chi connectivity index (χ1v) is 6.34. The van der Waals surface area contributed by atoms with Crippen LogP contribution in [0.4, 0.5) is 13.2 Å². The molecule has 1 atom stereocenters. The van der Waals surface area contributed by atoms with Gasteiger partial charge in [0.15, 0.2) is 0 Å². The SMILES string of the molecule is CC(NC(=O)Cn1cc(C(F)(F)F)ccc1=O)C1CC1. The van der Waals surface area contributed by atoms with Crippen molar-refractivity contribution in [2.75, 3.05) is 0 Å². The van der Waals surface area contributed by atoms with Gasteiger partial charge in [-0.3, -0.25) is 9.59 Å². The summed E-state index contributed by atoms with van der Waals surface area (Å²) in [5, 5.41) is 2.70. The van der Waals surface area contributed by atoms with Gasteiger partial charge in [-0.2, -0.15) is 13.2 Å². The second-order valence-electron chi connectivity index (χ2n) is 5.08. The molecule has 4 nitrogen and oxygen atoms in total. The zero-order valence-corrected chi connectivity index (χ0v) is 10.9. The molecule has 0 bridgehead atoms. The number of amides is 1. The lowest BCUT2D eigenvalue weighted by atomic mass is 10.2. The molecule has 0 saturated heterocycles. The summed E-state index contributed by atoms with van der Waals surface area (Å²) in [5.74, 6) is -0.0111. The molecular formula is C13H15F3N2O2. The van der Waals surface area contributed by atoms with E-state index in [9.17, 15) is 22.8 Å². The summed E-state index contributed by atoms with van der Waals surface area (Å²) in [4.78, 5) is 23.2. The van der Waals surface area contributed by atoms with Crippen molar-refractivity contribution in [1.29, 1.82) is 0 Å². The molecule has 1 aliphatic rings. The molecule has 1 saturated carbocycles. The molecule has 1 aromatic rings. The van der Waals surface area contributed by atoms with Crippen LogP contribution in [0.5, 0.6) is 0 Å². The number of carbonyl (C=O) groups excluding carboxylic acids is 1. The van der Waals surface area contributed by atoms with Crippen LogP contribution in [-0.4, -0.2) is 16.5 Å². The maximum absolute atomic E-state index is 12.5. The molecule has 1 heterocycles. The van der Waals surface area contributed by atoms with Gasteiger partial charge in [0, 0.05) is 18.3 Å². The quantitative estimate of drug-likeness (QED) is 0.918. The Bertz CT molecular complexity index is 561. The minimum Gasteiger partial charge on any atom is -0.352 e. The van der Waals surface area contributed by atoms with Crippen molar-refractivity contribution in [2.45, 2.75) is 38.5 Å². The van der Waals surface area contributed by atoms with Crippen molar-refractivity contribution in [3.8, 4) is 0 Å². The van der Waals surface area contributed by atoms with Gasteiger partial charge in [-0.05, 0) is 31.7 Å². The van der Waals surface area contributed by atoms with Crippen LogP contribution < -0.4 is 10.9 Å². The highest BCUT2D eigenvalue weighted by molar-refractivity contribution is 5.76. The summed E-state index contributed by atoms with van der Waals surface area (Å²) < 4.78 is 38.4. The third-order valence-corrected chi connectivity index (χ3v) is 3.34. The van der Waals surface area contributed by atoms with Gasteiger partial charge in [0.25, 0.3) is 5.56 Å². The number of hydrogen-bond donors (Lipinski definition) is 1. The zero-order valence-electron chi connectivity index (χ0n) is 10.9. The Balaban J connectivity index is 2.07. The average Bonchev–Trinajstić information content (AvgIpc) is 3.14. The number of hydrogen-bond acceptors (Lipinski definition) is 2. The molecule has 110 valence electrons. The fraction of sp³-hybridized carbons (Fsp3) is 0.538. The largest absolute Gasteiger partial charge is 0.417 e. The first-order chi connectivity index (χ1) is 9.27. The molecule has 7 heteroatoms. The minimum atomic E-state index is -4.53. The van der Waals surface area contributed by atoms with E-state index in [-0.39, 0.29) is 6.04 Å². The highest BCUT2D eigenvalue weighted by atomic mass is 19.4. The van der Waals surface area contributed by atoms with Crippen molar-refractivity contribution in [3.05, 3.63) is 34.2 Å². The van der Waals surface area contributed by atoms with Crippen molar-refractivity contribution < 1.29 is 18.0 Å². The standard InChI is InChI=1S/C13H15F3N2O2/c1-8(9-2-3-9)17-11(19)7-18-6-10(13(14,15)16)4-5-12(18)20/h4-6,8-9H,2-3,7H2,1H3,(H,17,19). The van der Waals surface area contributed by atoms with E-state index in [0.29, 0.717) is 18.2 Å². The van der Waals surface area contributed by atoms with E-state index in [0.717, 1.165) is 23.5 Å². The Morgan fingerprint density at radius 3 is 2.65 bits per heavy atom. The maximum atomic E-state index is 12.5. The van der Waals surface area contributed by atoms with Crippen LogP contribution in [0, 0.1) is 5.92 Å². The Labute approximate surface area is 113 Å². The van der Waals surface area contributed by atoms with Gasteiger partial charge in [-0.25, -0.2) is 0 Å². The smallest absolute Gasteiger partial charge is 0.352 e. The molecule has 0 radical (unpaired) electrons. The molecule has 0 spiro atoms. The van der Waals surface area contributed by atoms with Gasteiger partial charge in [0.05, 0.1) is 5.56 Å². The second-order valence-corrected chi connectivity index (χ2v) is 5.08. The monoisotopic (exact) mass is 288 g/mol. The van der Waals surface area contributed by atoms with Crippen molar-refractivity contribution >= 4 is 5.91 Å². The number of pyridine rings is 1. The molecule has 2 rings (SSSR count).